The molecule has 2 aromatic rings. The molecule has 1 N–H and O–H groups in total. The van der Waals surface area contributed by atoms with E-state index in [0.717, 1.165) is 34.9 Å². The molecule has 29 heavy (non-hydrogen) atoms. The van der Waals surface area contributed by atoms with E-state index in [1.165, 1.54) is 0 Å². The SMILES string of the molecule is CCOC(=O)c1[nH]c2ccccc2c1C1=C[C@H]2CC[C@@H](C1)N2C(=O)OC(C)(C)C. The molecular weight excluding hydrogens is 368 g/mol. The van der Waals surface area contributed by atoms with Gasteiger partial charge in [-0.3, -0.25) is 4.90 Å². The zero-order valence-corrected chi connectivity index (χ0v) is 17.5. The molecule has 1 aromatic carbocycles. The van der Waals surface area contributed by atoms with Gasteiger partial charge in [-0.05, 0) is 58.6 Å². The van der Waals surface area contributed by atoms with E-state index in [1.807, 2.05) is 49.9 Å². The van der Waals surface area contributed by atoms with Gasteiger partial charge in [-0.15, -0.1) is 0 Å². The standard InChI is InChI=1S/C23H28N2O4/c1-5-28-21(26)20-19(17-8-6-7-9-18(17)24-20)14-12-15-10-11-16(13-14)25(15)22(27)29-23(2,3)4/h6-9,12,15-16,24H,5,10-11,13H2,1-4H3/t15-,16+/m1/s1. The molecule has 6 nitrogen and oxygen atoms in total. The lowest BCUT2D eigenvalue weighted by atomic mass is 9.92. The third-order valence-electron chi connectivity index (χ3n) is 5.51. The summed E-state index contributed by atoms with van der Waals surface area (Å²) in [5, 5.41) is 1.01. The topological polar surface area (TPSA) is 71.6 Å². The fourth-order valence-electron chi connectivity index (χ4n) is 4.45. The highest BCUT2D eigenvalue weighted by Gasteiger charge is 2.42. The molecule has 4 rings (SSSR count). The summed E-state index contributed by atoms with van der Waals surface area (Å²) in [5.74, 6) is -0.346. The number of fused-ring (bicyclic) bond motifs is 3. The molecule has 1 saturated heterocycles. The van der Waals surface area contributed by atoms with Crippen molar-refractivity contribution in [3.63, 3.8) is 0 Å². The lowest BCUT2D eigenvalue weighted by molar-refractivity contribution is 0.0174. The van der Waals surface area contributed by atoms with Gasteiger partial charge in [0.15, 0.2) is 0 Å². The second-order valence-electron chi connectivity index (χ2n) is 8.72. The highest BCUT2D eigenvalue weighted by Crippen LogP contribution is 2.42. The second-order valence-corrected chi connectivity index (χ2v) is 8.72. The molecule has 6 heteroatoms. The maximum absolute atomic E-state index is 12.7. The van der Waals surface area contributed by atoms with Crippen molar-refractivity contribution in [1.82, 2.24) is 9.88 Å². The number of rotatable bonds is 3. The first-order valence-corrected chi connectivity index (χ1v) is 10.3. The van der Waals surface area contributed by atoms with E-state index in [4.69, 9.17) is 9.47 Å². The van der Waals surface area contributed by atoms with E-state index >= 15 is 0 Å². The van der Waals surface area contributed by atoms with Crippen molar-refractivity contribution < 1.29 is 19.1 Å². The summed E-state index contributed by atoms with van der Waals surface area (Å²) in [7, 11) is 0. The predicted octanol–water partition coefficient (Wildman–Crippen LogP) is 4.90. The summed E-state index contributed by atoms with van der Waals surface area (Å²) < 4.78 is 10.9. The first-order valence-electron chi connectivity index (χ1n) is 10.3. The molecular formula is C23H28N2O4. The first kappa shape index (κ1) is 19.6. The van der Waals surface area contributed by atoms with Crippen LogP contribution in [0.5, 0.6) is 0 Å². The minimum Gasteiger partial charge on any atom is -0.461 e. The monoisotopic (exact) mass is 396 g/mol. The molecule has 2 aliphatic rings. The Kier molecular flexibility index (Phi) is 4.89. The van der Waals surface area contributed by atoms with E-state index in [0.29, 0.717) is 18.7 Å². The Labute approximate surface area is 170 Å². The molecule has 3 heterocycles. The number of H-pyrrole nitrogens is 1. The molecule has 0 unspecified atom stereocenters. The average molecular weight is 396 g/mol. The molecule has 0 aliphatic carbocycles. The van der Waals surface area contributed by atoms with Gasteiger partial charge in [0.25, 0.3) is 0 Å². The minimum atomic E-state index is -0.519. The average Bonchev–Trinajstić information content (AvgIpc) is 3.16. The molecule has 1 fully saturated rings. The smallest absolute Gasteiger partial charge is 0.411 e. The third-order valence-corrected chi connectivity index (χ3v) is 5.51. The number of carbonyl (C=O) groups is 2. The summed E-state index contributed by atoms with van der Waals surface area (Å²) in [4.78, 5) is 30.5. The molecule has 0 saturated carbocycles. The minimum absolute atomic E-state index is 0.0118. The number of para-hydroxylation sites is 1. The zero-order chi connectivity index (χ0) is 20.8. The van der Waals surface area contributed by atoms with Crippen molar-refractivity contribution >= 4 is 28.5 Å². The Morgan fingerprint density at radius 2 is 1.97 bits per heavy atom. The van der Waals surface area contributed by atoms with Gasteiger partial charge in [-0.25, -0.2) is 9.59 Å². The van der Waals surface area contributed by atoms with Crippen LogP contribution in [-0.2, 0) is 9.47 Å². The number of benzene rings is 1. The van der Waals surface area contributed by atoms with Gasteiger partial charge in [-0.1, -0.05) is 24.3 Å². The quantitative estimate of drug-likeness (QED) is 0.749. The zero-order valence-electron chi connectivity index (χ0n) is 17.5. The summed E-state index contributed by atoms with van der Waals surface area (Å²) in [6, 6.07) is 7.97. The van der Waals surface area contributed by atoms with Crippen LogP contribution in [0.1, 0.15) is 63.0 Å². The highest BCUT2D eigenvalue weighted by molar-refractivity contribution is 6.05. The molecule has 2 bridgehead atoms. The molecule has 2 aliphatic heterocycles. The van der Waals surface area contributed by atoms with Crippen LogP contribution < -0.4 is 0 Å². The van der Waals surface area contributed by atoms with Crippen LogP contribution in [0.3, 0.4) is 0 Å². The molecule has 1 aromatic heterocycles. The van der Waals surface area contributed by atoms with Crippen LogP contribution in [0.4, 0.5) is 4.79 Å². The molecule has 2 atom stereocenters. The highest BCUT2D eigenvalue weighted by atomic mass is 16.6. The molecule has 0 spiro atoms. The summed E-state index contributed by atoms with van der Waals surface area (Å²) in [6.07, 6.45) is 4.41. The lowest BCUT2D eigenvalue weighted by Crippen LogP contribution is -2.45. The maximum atomic E-state index is 12.7. The van der Waals surface area contributed by atoms with Crippen molar-refractivity contribution in [2.24, 2.45) is 0 Å². The third kappa shape index (κ3) is 3.63. The number of ether oxygens (including phenoxy) is 2. The van der Waals surface area contributed by atoms with Crippen LogP contribution in [0.15, 0.2) is 30.3 Å². The fraction of sp³-hybridized carbons (Fsp3) is 0.478. The Balaban J connectivity index is 1.73. The number of esters is 1. The number of hydrogen-bond donors (Lipinski definition) is 1. The van der Waals surface area contributed by atoms with Gasteiger partial charge < -0.3 is 14.5 Å². The van der Waals surface area contributed by atoms with Crippen molar-refractivity contribution in [2.75, 3.05) is 6.61 Å². The van der Waals surface area contributed by atoms with Gasteiger partial charge in [-0.2, -0.15) is 0 Å². The number of nitrogens with zero attached hydrogens (tertiary/aromatic N) is 1. The van der Waals surface area contributed by atoms with Gasteiger partial charge in [0.05, 0.1) is 12.6 Å². The van der Waals surface area contributed by atoms with Gasteiger partial charge in [0.1, 0.15) is 11.3 Å². The summed E-state index contributed by atoms with van der Waals surface area (Å²) in [5.41, 5.74) is 2.88. The molecule has 0 radical (unpaired) electrons. The van der Waals surface area contributed by atoms with Crippen molar-refractivity contribution in [3.8, 4) is 0 Å². The van der Waals surface area contributed by atoms with E-state index in [2.05, 4.69) is 11.1 Å². The Bertz CT molecular complexity index is 982. The number of amides is 1. The van der Waals surface area contributed by atoms with Crippen molar-refractivity contribution in [3.05, 3.63) is 41.6 Å². The van der Waals surface area contributed by atoms with Crippen LogP contribution in [0.25, 0.3) is 16.5 Å². The van der Waals surface area contributed by atoms with E-state index in [-0.39, 0.29) is 24.1 Å². The molecule has 154 valence electrons. The first-order chi connectivity index (χ1) is 13.8. The fourth-order valence-corrected chi connectivity index (χ4v) is 4.45. The largest absolute Gasteiger partial charge is 0.461 e. The van der Waals surface area contributed by atoms with Crippen LogP contribution in [0, 0.1) is 0 Å². The Morgan fingerprint density at radius 3 is 2.66 bits per heavy atom. The number of carbonyl (C=O) groups excluding carboxylic acids is 2. The number of aromatic amines is 1. The Hall–Kier alpha value is -2.76. The summed E-state index contributed by atoms with van der Waals surface area (Å²) >= 11 is 0. The van der Waals surface area contributed by atoms with Crippen molar-refractivity contribution in [2.45, 2.75) is 64.6 Å². The number of aromatic nitrogens is 1. The van der Waals surface area contributed by atoms with E-state index in [1.54, 1.807) is 6.92 Å². The van der Waals surface area contributed by atoms with Gasteiger partial charge in [0, 0.05) is 22.5 Å². The van der Waals surface area contributed by atoms with Crippen LogP contribution >= 0.6 is 0 Å². The van der Waals surface area contributed by atoms with Gasteiger partial charge >= 0.3 is 12.1 Å². The van der Waals surface area contributed by atoms with Gasteiger partial charge in [0.2, 0.25) is 0 Å². The summed E-state index contributed by atoms with van der Waals surface area (Å²) in [6.45, 7) is 7.78. The lowest BCUT2D eigenvalue weighted by Gasteiger charge is -2.35. The van der Waals surface area contributed by atoms with Crippen LogP contribution in [-0.4, -0.2) is 46.2 Å². The van der Waals surface area contributed by atoms with Crippen molar-refractivity contribution in [1.29, 1.82) is 0 Å². The van der Waals surface area contributed by atoms with E-state index < -0.39 is 5.60 Å². The van der Waals surface area contributed by atoms with E-state index in [9.17, 15) is 9.59 Å². The number of hydrogen-bond acceptors (Lipinski definition) is 4. The molecule has 1 amide bonds. The Morgan fingerprint density at radius 1 is 1.21 bits per heavy atom. The predicted molar refractivity (Wildman–Crippen MR) is 112 cm³/mol. The maximum Gasteiger partial charge on any atom is 0.411 e. The van der Waals surface area contributed by atoms with Crippen LogP contribution in [0.2, 0.25) is 0 Å². The normalized spacial score (nSPS) is 21.2. The second kappa shape index (κ2) is 7.25. The number of nitrogens with one attached hydrogen (secondary N) is 1.